The number of carbonyl (C=O) groups excluding carboxylic acids is 3. The molecule has 0 spiro atoms. The van der Waals surface area contributed by atoms with Crippen LogP contribution in [0.4, 0.5) is 21.5 Å². The third-order valence-electron chi connectivity index (χ3n) is 5.52. The van der Waals surface area contributed by atoms with E-state index in [0.29, 0.717) is 22.6 Å². The van der Waals surface area contributed by atoms with E-state index in [2.05, 4.69) is 15.6 Å². The summed E-state index contributed by atoms with van der Waals surface area (Å²) in [5.41, 5.74) is 2.15. The molecule has 0 fully saturated rings. The molecule has 0 bridgehead atoms. The molecule has 35 heavy (non-hydrogen) atoms. The van der Waals surface area contributed by atoms with Crippen molar-refractivity contribution in [2.75, 3.05) is 22.1 Å². The summed E-state index contributed by atoms with van der Waals surface area (Å²) in [6, 6.07) is 19.3. The maximum Gasteiger partial charge on any atom is 0.277 e. The number of aryl methyl sites for hydroxylation is 1. The van der Waals surface area contributed by atoms with Crippen molar-refractivity contribution >= 4 is 34.8 Å². The molecule has 2 N–H and O–H groups in total. The largest absolute Gasteiger partial charge is 0.440 e. The Bertz CT molecular complexity index is 1460. The number of hydrogen-bond donors (Lipinski definition) is 2. The van der Waals surface area contributed by atoms with Gasteiger partial charge >= 0.3 is 0 Å². The van der Waals surface area contributed by atoms with E-state index in [4.69, 9.17) is 4.42 Å². The van der Waals surface area contributed by atoms with E-state index < -0.39 is 11.7 Å². The van der Waals surface area contributed by atoms with Crippen LogP contribution in [0, 0.1) is 12.7 Å². The second kappa shape index (κ2) is 8.86. The molecule has 2 heterocycles. The van der Waals surface area contributed by atoms with Crippen molar-refractivity contribution in [1.29, 1.82) is 0 Å². The average Bonchev–Trinajstić information content (AvgIpc) is 3.25. The molecule has 0 atom stereocenters. The zero-order valence-corrected chi connectivity index (χ0v) is 18.5. The molecule has 1 aliphatic heterocycles. The number of oxazole rings is 1. The van der Waals surface area contributed by atoms with Crippen LogP contribution < -0.4 is 15.5 Å². The number of nitrogens with one attached hydrogen (secondary N) is 2. The third-order valence-corrected chi connectivity index (χ3v) is 5.52. The summed E-state index contributed by atoms with van der Waals surface area (Å²) < 4.78 is 19.6. The molecule has 174 valence electrons. The summed E-state index contributed by atoms with van der Waals surface area (Å²) in [4.78, 5) is 43.4. The summed E-state index contributed by atoms with van der Waals surface area (Å²) in [7, 11) is 0. The minimum absolute atomic E-state index is 0.0116. The summed E-state index contributed by atoms with van der Waals surface area (Å²) in [6.45, 7) is 1.48. The molecular formula is C26H19FN4O4. The highest BCUT2D eigenvalue weighted by Crippen LogP contribution is 2.30. The number of para-hydroxylation sites is 2. The molecule has 9 heteroatoms. The standard InChI is InChI=1S/C26H19FN4O4/c1-15-23(30-25(35-15)18-6-2-3-7-19(18)27)24(33)28-17-12-10-16(11-13-17)26(34)31-14-22(32)29-20-8-4-5-9-21(20)31/h2-13H,14H2,1H3,(H,28,33)(H,29,32). The van der Waals surface area contributed by atoms with Gasteiger partial charge in [-0.1, -0.05) is 24.3 Å². The topological polar surface area (TPSA) is 105 Å². The predicted molar refractivity (Wildman–Crippen MR) is 128 cm³/mol. The first-order valence-electron chi connectivity index (χ1n) is 10.7. The highest BCUT2D eigenvalue weighted by molar-refractivity contribution is 6.15. The fourth-order valence-electron chi connectivity index (χ4n) is 3.81. The van der Waals surface area contributed by atoms with Crippen LogP contribution >= 0.6 is 0 Å². The number of nitrogens with zero attached hydrogens (tertiary/aromatic N) is 2. The zero-order valence-electron chi connectivity index (χ0n) is 18.5. The second-order valence-corrected chi connectivity index (χ2v) is 7.89. The fourth-order valence-corrected chi connectivity index (χ4v) is 3.81. The zero-order chi connectivity index (χ0) is 24.5. The molecule has 0 unspecified atom stereocenters. The first kappa shape index (κ1) is 22.0. The maximum atomic E-state index is 14.1. The molecule has 5 rings (SSSR count). The number of hydrogen-bond acceptors (Lipinski definition) is 5. The summed E-state index contributed by atoms with van der Waals surface area (Å²) in [5, 5.41) is 5.45. The van der Waals surface area contributed by atoms with Crippen LogP contribution in [0.3, 0.4) is 0 Å². The van der Waals surface area contributed by atoms with Gasteiger partial charge in [-0.05, 0) is 55.5 Å². The van der Waals surface area contributed by atoms with Crippen LogP contribution in [-0.4, -0.2) is 29.3 Å². The van der Waals surface area contributed by atoms with Gasteiger partial charge in [0.15, 0.2) is 5.69 Å². The van der Waals surface area contributed by atoms with Crippen molar-refractivity contribution < 1.29 is 23.2 Å². The molecule has 3 aromatic carbocycles. The number of benzene rings is 3. The number of amides is 3. The maximum absolute atomic E-state index is 14.1. The SMILES string of the molecule is Cc1oc(-c2ccccc2F)nc1C(=O)Nc1ccc(C(=O)N2CC(=O)Nc3ccccc32)cc1. The number of halogens is 1. The third kappa shape index (κ3) is 4.26. The van der Waals surface area contributed by atoms with Crippen molar-refractivity contribution in [1.82, 2.24) is 4.98 Å². The lowest BCUT2D eigenvalue weighted by Gasteiger charge is -2.29. The number of fused-ring (bicyclic) bond motifs is 1. The van der Waals surface area contributed by atoms with Crippen molar-refractivity contribution in [2.24, 2.45) is 0 Å². The Kier molecular flexibility index (Phi) is 5.58. The van der Waals surface area contributed by atoms with E-state index in [0.717, 1.165) is 0 Å². The van der Waals surface area contributed by atoms with E-state index in [1.807, 2.05) is 0 Å². The second-order valence-electron chi connectivity index (χ2n) is 7.89. The molecule has 0 saturated carbocycles. The number of anilines is 3. The first-order valence-corrected chi connectivity index (χ1v) is 10.7. The Morgan fingerprint density at radius 1 is 1.03 bits per heavy atom. The summed E-state index contributed by atoms with van der Waals surface area (Å²) >= 11 is 0. The van der Waals surface area contributed by atoms with E-state index in [1.54, 1.807) is 67.6 Å². The van der Waals surface area contributed by atoms with Gasteiger partial charge in [0, 0.05) is 11.3 Å². The molecule has 0 radical (unpaired) electrons. The predicted octanol–water partition coefficient (Wildman–Crippen LogP) is 4.64. The van der Waals surface area contributed by atoms with E-state index in [1.165, 1.54) is 17.0 Å². The molecule has 8 nitrogen and oxygen atoms in total. The van der Waals surface area contributed by atoms with Gasteiger partial charge in [0.05, 0.1) is 16.9 Å². The van der Waals surface area contributed by atoms with E-state index in [-0.39, 0.29) is 41.3 Å². The quantitative estimate of drug-likeness (QED) is 0.452. The van der Waals surface area contributed by atoms with Crippen molar-refractivity contribution in [2.45, 2.75) is 6.92 Å². The monoisotopic (exact) mass is 470 g/mol. The lowest BCUT2D eigenvalue weighted by atomic mass is 10.1. The summed E-state index contributed by atoms with van der Waals surface area (Å²) in [6.07, 6.45) is 0. The van der Waals surface area contributed by atoms with Crippen molar-refractivity contribution in [3.63, 3.8) is 0 Å². The van der Waals surface area contributed by atoms with Gasteiger partial charge < -0.3 is 15.1 Å². The normalized spacial score (nSPS) is 12.6. The minimum Gasteiger partial charge on any atom is -0.440 e. The molecular weight excluding hydrogens is 451 g/mol. The van der Waals surface area contributed by atoms with Gasteiger partial charge in [-0.25, -0.2) is 9.37 Å². The van der Waals surface area contributed by atoms with Crippen LogP contribution in [0.2, 0.25) is 0 Å². The number of carbonyl (C=O) groups is 3. The van der Waals surface area contributed by atoms with Crippen LogP contribution in [0.15, 0.2) is 77.2 Å². The van der Waals surface area contributed by atoms with Gasteiger partial charge in [0.25, 0.3) is 11.8 Å². The minimum atomic E-state index is -0.533. The Labute approximate surface area is 199 Å². The Morgan fingerprint density at radius 2 is 1.74 bits per heavy atom. The van der Waals surface area contributed by atoms with Gasteiger partial charge in [0.1, 0.15) is 18.1 Å². The molecule has 3 amide bonds. The Hall–Kier alpha value is -4.79. The molecule has 1 aliphatic rings. The lowest BCUT2D eigenvalue weighted by molar-refractivity contribution is -0.115. The van der Waals surface area contributed by atoms with Crippen molar-refractivity contribution in [3.05, 3.63) is 95.6 Å². The molecule has 0 saturated heterocycles. The summed E-state index contributed by atoms with van der Waals surface area (Å²) in [5.74, 6) is -1.40. The van der Waals surface area contributed by atoms with Crippen LogP contribution in [0.5, 0.6) is 0 Å². The van der Waals surface area contributed by atoms with Gasteiger partial charge in [-0.2, -0.15) is 0 Å². The van der Waals surface area contributed by atoms with E-state index in [9.17, 15) is 18.8 Å². The number of aromatic nitrogens is 1. The van der Waals surface area contributed by atoms with E-state index >= 15 is 0 Å². The van der Waals surface area contributed by atoms with Gasteiger partial charge in [-0.15, -0.1) is 0 Å². The molecule has 1 aromatic heterocycles. The van der Waals surface area contributed by atoms with Gasteiger partial charge in [-0.3, -0.25) is 19.3 Å². The molecule has 0 aliphatic carbocycles. The van der Waals surface area contributed by atoms with Crippen LogP contribution in [0.1, 0.15) is 26.6 Å². The van der Waals surface area contributed by atoms with Crippen molar-refractivity contribution in [3.8, 4) is 11.5 Å². The van der Waals surface area contributed by atoms with Crippen LogP contribution in [0.25, 0.3) is 11.5 Å². The Balaban J connectivity index is 1.32. The highest BCUT2D eigenvalue weighted by atomic mass is 19.1. The lowest BCUT2D eigenvalue weighted by Crippen LogP contribution is -2.42. The smallest absolute Gasteiger partial charge is 0.277 e. The van der Waals surface area contributed by atoms with Gasteiger partial charge in [0.2, 0.25) is 11.8 Å². The highest BCUT2D eigenvalue weighted by Gasteiger charge is 2.27. The van der Waals surface area contributed by atoms with Crippen LogP contribution in [-0.2, 0) is 4.79 Å². The number of rotatable bonds is 4. The fraction of sp³-hybridized carbons (Fsp3) is 0.0769. The first-order chi connectivity index (χ1) is 16.9. The Morgan fingerprint density at radius 3 is 2.51 bits per heavy atom. The average molecular weight is 470 g/mol. The molecule has 4 aromatic rings.